The Morgan fingerprint density at radius 2 is 2.28 bits per heavy atom. The van der Waals surface area contributed by atoms with Crippen LogP contribution < -0.4 is 5.32 Å². The van der Waals surface area contributed by atoms with Crippen LogP contribution in [0.3, 0.4) is 0 Å². The normalized spacial score (nSPS) is 24.0. The van der Waals surface area contributed by atoms with Crippen LogP contribution in [0.2, 0.25) is 0 Å². The predicted molar refractivity (Wildman–Crippen MR) is 72.5 cm³/mol. The topological polar surface area (TPSA) is 39.1 Å². The molecule has 1 aliphatic rings. The highest BCUT2D eigenvalue weighted by Crippen LogP contribution is 2.15. The lowest BCUT2D eigenvalue weighted by Crippen LogP contribution is -2.34. The Morgan fingerprint density at radius 1 is 1.50 bits per heavy atom. The van der Waals surface area contributed by atoms with E-state index in [1.807, 2.05) is 0 Å². The zero-order valence-corrected chi connectivity index (χ0v) is 11.7. The molecule has 2 unspecified atom stereocenters. The first-order valence-electron chi connectivity index (χ1n) is 7.13. The van der Waals surface area contributed by atoms with E-state index in [4.69, 9.17) is 4.74 Å². The van der Waals surface area contributed by atoms with E-state index in [-0.39, 0.29) is 0 Å². The summed E-state index contributed by atoms with van der Waals surface area (Å²) < 4.78 is 7.65. The Morgan fingerprint density at radius 3 is 2.89 bits per heavy atom. The van der Waals surface area contributed by atoms with Gasteiger partial charge in [0.2, 0.25) is 0 Å². The lowest BCUT2D eigenvalue weighted by Gasteiger charge is -2.15. The van der Waals surface area contributed by atoms with Crippen LogP contribution in [-0.2, 0) is 11.3 Å². The van der Waals surface area contributed by atoms with E-state index >= 15 is 0 Å². The Kier molecular flexibility index (Phi) is 4.78. The molecule has 0 spiro atoms. The lowest BCUT2D eigenvalue weighted by atomic mass is 10.1. The van der Waals surface area contributed by atoms with Crippen molar-refractivity contribution in [2.24, 2.45) is 0 Å². The number of rotatable bonds is 6. The maximum Gasteiger partial charge on any atom is 0.0762 e. The molecule has 1 N–H and O–H groups in total. The van der Waals surface area contributed by atoms with Crippen molar-refractivity contribution < 1.29 is 4.74 Å². The van der Waals surface area contributed by atoms with Crippen LogP contribution in [0.1, 0.15) is 51.8 Å². The van der Waals surface area contributed by atoms with E-state index in [1.165, 1.54) is 0 Å². The smallest absolute Gasteiger partial charge is 0.0762 e. The van der Waals surface area contributed by atoms with E-state index in [2.05, 4.69) is 48.1 Å². The molecule has 0 radical (unpaired) electrons. The summed E-state index contributed by atoms with van der Waals surface area (Å²) >= 11 is 0. The average Bonchev–Trinajstić information content (AvgIpc) is 2.98. The van der Waals surface area contributed by atoms with Crippen molar-refractivity contribution >= 4 is 0 Å². The Hall–Kier alpha value is -0.870. The van der Waals surface area contributed by atoms with Crippen LogP contribution in [0.25, 0.3) is 0 Å². The summed E-state index contributed by atoms with van der Waals surface area (Å²) in [5.74, 6) is 0. The van der Waals surface area contributed by atoms with Crippen LogP contribution in [0.15, 0.2) is 12.3 Å². The van der Waals surface area contributed by atoms with Gasteiger partial charge in [-0.3, -0.25) is 4.68 Å². The molecule has 102 valence electrons. The van der Waals surface area contributed by atoms with Gasteiger partial charge in [-0.15, -0.1) is 0 Å². The lowest BCUT2D eigenvalue weighted by molar-refractivity contribution is 0.113. The molecule has 0 amide bonds. The highest BCUT2D eigenvalue weighted by Gasteiger charge is 2.23. The van der Waals surface area contributed by atoms with Crippen molar-refractivity contribution in [1.82, 2.24) is 15.1 Å². The van der Waals surface area contributed by atoms with Crippen LogP contribution in [0.5, 0.6) is 0 Å². The minimum Gasteiger partial charge on any atom is -0.377 e. The summed E-state index contributed by atoms with van der Waals surface area (Å²) in [6, 6.07) is 3.13. The van der Waals surface area contributed by atoms with Crippen molar-refractivity contribution in [2.75, 3.05) is 6.61 Å². The Balaban J connectivity index is 1.86. The summed E-state index contributed by atoms with van der Waals surface area (Å²) in [4.78, 5) is 0. The van der Waals surface area contributed by atoms with Gasteiger partial charge in [-0.1, -0.05) is 13.8 Å². The van der Waals surface area contributed by atoms with Crippen LogP contribution in [0, 0.1) is 0 Å². The van der Waals surface area contributed by atoms with Gasteiger partial charge in [-0.2, -0.15) is 5.10 Å². The van der Waals surface area contributed by atoms with E-state index in [0.29, 0.717) is 18.2 Å². The molecule has 1 fully saturated rings. The number of hydrogen-bond donors (Lipinski definition) is 1. The molecule has 2 rings (SSSR count). The molecule has 0 aliphatic carbocycles. The van der Waals surface area contributed by atoms with Gasteiger partial charge in [0.15, 0.2) is 0 Å². The molecule has 0 aromatic carbocycles. The van der Waals surface area contributed by atoms with E-state index < -0.39 is 0 Å². The first kappa shape index (κ1) is 13.6. The van der Waals surface area contributed by atoms with Crippen LogP contribution in [-0.4, -0.2) is 28.5 Å². The standard InChI is InChI=1S/C14H25N3O/c1-4-13(5-2)17-8-6-12(16-17)10-15-14-7-9-18-11(14)3/h6,8,11,13-15H,4-5,7,9-10H2,1-3H3. The number of hydrogen-bond acceptors (Lipinski definition) is 3. The quantitative estimate of drug-likeness (QED) is 0.844. The Labute approximate surface area is 110 Å². The molecule has 4 heteroatoms. The third kappa shape index (κ3) is 3.12. The summed E-state index contributed by atoms with van der Waals surface area (Å²) in [5.41, 5.74) is 1.13. The number of aromatic nitrogens is 2. The minimum absolute atomic E-state index is 0.325. The van der Waals surface area contributed by atoms with Crippen molar-refractivity contribution in [3.63, 3.8) is 0 Å². The van der Waals surface area contributed by atoms with Crippen LogP contribution in [0.4, 0.5) is 0 Å². The van der Waals surface area contributed by atoms with Gasteiger partial charge < -0.3 is 10.1 Å². The zero-order valence-electron chi connectivity index (χ0n) is 11.7. The molecule has 1 aromatic heterocycles. The van der Waals surface area contributed by atoms with Gasteiger partial charge in [-0.25, -0.2) is 0 Å². The third-order valence-corrected chi connectivity index (χ3v) is 3.90. The second-order valence-electron chi connectivity index (χ2n) is 5.11. The van der Waals surface area contributed by atoms with Crippen LogP contribution >= 0.6 is 0 Å². The molecule has 2 heterocycles. The molecule has 0 bridgehead atoms. The number of nitrogens with zero attached hydrogens (tertiary/aromatic N) is 2. The Bertz CT molecular complexity index is 360. The first-order chi connectivity index (χ1) is 8.74. The molecule has 2 atom stereocenters. The maximum atomic E-state index is 5.54. The summed E-state index contributed by atoms with van der Waals surface area (Å²) in [7, 11) is 0. The van der Waals surface area contributed by atoms with E-state index in [0.717, 1.165) is 38.1 Å². The van der Waals surface area contributed by atoms with Gasteiger partial charge >= 0.3 is 0 Å². The predicted octanol–water partition coefficient (Wildman–Crippen LogP) is 2.51. The molecular formula is C14H25N3O. The fourth-order valence-electron chi connectivity index (χ4n) is 2.57. The molecule has 18 heavy (non-hydrogen) atoms. The monoisotopic (exact) mass is 251 g/mol. The average molecular weight is 251 g/mol. The van der Waals surface area contributed by atoms with Crippen molar-refractivity contribution in [3.8, 4) is 0 Å². The second-order valence-corrected chi connectivity index (χ2v) is 5.11. The third-order valence-electron chi connectivity index (χ3n) is 3.90. The van der Waals surface area contributed by atoms with Gasteiger partial charge in [0, 0.05) is 25.4 Å². The van der Waals surface area contributed by atoms with Crippen molar-refractivity contribution in [1.29, 1.82) is 0 Å². The summed E-state index contributed by atoms with van der Waals surface area (Å²) in [5, 5.41) is 8.19. The van der Waals surface area contributed by atoms with Gasteiger partial charge in [-0.05, 0) is 32.3 Å². The SMILES string of the molecule is CCC(CC)n1ccc(CNC2CCOC2C)n1. The maximum absolute atomic E-state index is 5.54. The molecule has 0 saturated carbocycles. The zero-order chi connectivity index (χ0) is 13.0. The second kappa shape index (κ2) is 6.34. The van der Waals surface area contributed by atoms with Gasteiger partial charge in [0.25, 0.3) is 0 Å². The van der Waals surface area contributed by atoms with Crippen molar-refractivity contribution in [2.45, 2.75) is 64.8 Å². The summed E-state index contributed by atoms with van der Waals surface area (Å²) in [6.45, 7) is 8.27. The minimum atomic E-state index is 0.325. The fraction of sp³-hybridized carbons (Fsp3) is 0.786. The largest absolute Gasteiger partial charge is 0.377 e. The van der Waals surface area contributed by atoms with E-state index in [9.17, 15) is 0 Å². The fourth-order valence-corrected chi connectivity index (χ4v) is 2.57. The first-order valence-corrected chi connectivity index (χ1v) is 7.13. The molecule has 1 aliphatic heterocycles. The number of ether oxygens (including phenoxy) is 1. The number of nitrogens with one attached hydrogen (secondary N) is 1. The van der Waals surface area contributed by atoms with Gasteiger partial charge in [0.1, 0.15) is 0 Å². The summed E-state index contributed by atoms with van der Waals surface area (Å²) in [6.07, 6.45) is 5.81. The molecule has 1 aromatic rings. The van der Waals surface area contributed by atoms with Crippen molar-refractivity contribution in [3.05, 3.63) is 18.0 Å². The van der Waals surface area contributed by atoms with E-state index in [1.54, 1.807) is 0 Å². The highest BCUT2D eigenvalue weighted by atomic mass is 16.5. The highest BCUT2D eigenvalue weighted by molar-refractivity contribution is 5.00. The molecule has 4 nitrogen and oxygen atoms in total. The molecular weight excluding hydrogens is 226 g/mol. The van der Waals surface area contributed by atoms with Gasteiger partial charge in [0.05, 0.1) is 17.8 Å². The molecule has 1 saturated heterocycles.